The molecule has 1 unspecified atom stereocenters. The largest absolute Gasteiger partial charge is 0.465 e. The van der Waals surface area contributed by atoms with E-state index < -0.39 is 35.1 Å². The number of fused-ring (bicyclic) bond motifs is 2. The zero-order valence-corrected chi connectivity index (χ0v) is 17.7. The summed E-state index contributed by atoms with van der Waals surface area (Å²) in [5.74, 6) is -2.23. The Balaban J connectivity index is 1.41. The molecule has 0 saturated carbocycles. The van der Waals surface area contributed by atoms with Crippen molar-refractivity contribution in [1.29, 1.82) is 0 Å². The van der Waals surface area contributed by atoms with Crippen LogP contribution in [0.3, 0.4) is 0 Å². The zero-order valence-electron chi connectivity index (χ0n) is 17.7. The van der Waals surface area contributed by atoms with Crippen molar-refractivity contribution < 1.29 is 28.7 Å². The van der Waals surface area contributed by atoms with Gasteiger partial charge in [0.25, 0.3) is 11.8 Å². The van der Waals surface area contributed by atoms with Crippen LogP contribution in [0.5, 0.6) is 0 Å². The van der Waals surface area contributed by atoms with Gasteiger partial charge in [0.05, 0.1) is 17.7 Å². The van der Waals surface area contributed by atoms with Gasteiger partial charge in [-0.3, -0.25) is 34.2 Å². The normalized spacial score (nSPS) is 29.3. The second kappa shape index (κ2) is 7.40. The minimum Gasteiger partial charge on any atom is -0.465 e. The van der Waals surface area contributed by atoms with Crippen LogP contribution in [0.25, 0.3) is 0 Å². The van der Waals surface area contributed by atoms with Crippen LogP contribution in [0, 0.1) is 11.3 Å². The number of amides is 4. The number of piperidine rings is 1. The number of anilines is 1. The van der Waals surface area contributed by atoms with Crippen LogP contribution in [0.2, 0.25) is 0 Å². The number of benzene rings is 1. The molecule has 0 bridgehead atoms. The summed E-state index contributed by atoms with van der Waals surface area (Å²) in [5.41, 5.74) is 0.587. The molecule has 1 aromatic rings. The highest BCUT2D eigenvalue weighted by Crippen LogP contribution is 2.42. The van der Waals surface area contributed by atoms with E-state index in [2.05, 4.69) is 15.5 Å². The molecule has 4 aliphatic rings. The van der Waals surface area contributed by atoms with Gasteiger partial charge >= 0.3 is 5.97 Å². The zero-order chi connectivity index (χ0) is 22.6. The molecule has 0 aromatic heterocycles. The van der Waals surface area contributed by atoms with Crippen LogP contribution in [0.1, 0.15) is 40.5 Å². The van der Waals surface area contributed by atoms with Gasteiger partial charge in [-0.05, 0) is 31.5 Å². The van der Waals surface area contributed by atoms with E-state index in [4.69, 9.17) is 4.74 Å². The second-order valence-electron chi connectivity index (χ2n) is 8.76. The summed E-state index contributed by atoms with van der Waals surface area (Å²) in [7, 11) is 0. The molecule has 0 spiro atoms. The van der Waals surface area contributed by atoms with E-state index in [9.17, 15) is 24.0 Å². The Morgan fingerprint density at radius 1 is 1.19 bits per heavy atom. The quantitative estimate of drug-likeness (QED) is 0.482. The summed E-state index contributed by atoms with van der Waals surface area (Å²) in [6, 6.07) is 4.04. The molecular weight excluding hydrogens is 416 g/mol. The van der Waals surface area contributed by atoms with Crippen molar-refractivity contribution in [1.82, 2.24) is 15.5 Å². The number of carbonyl (C=O) groups is 5. The van der Waals surface area contributed by atoms with Gasteiger partial charge in [-0.15, -0.1) is 0 Å². The summed E-state index contributed by atoms with van der Waals surface area (Å²) >= 11 is 0. The second-order valence-corrected chi connectivity index (χ2v) is 8.76. The number of imide groups is 2. The molecule has 3 saturated heterocycles. The molecule has 10 heteroatoms. The highest BCUT2D eigenvalue weighted by Gasteiger charge is 2.56. The van der Waals surface area contributed by atoms with Gasteiger partial charge in [0.1, 0.15) is 11.5 Å². The molecule has 1 aromatic carbocycles. The number of nitrogens with zero attached hydrogens (tertiary/aromatic N) is 2. The first-order valence-corrected chi connectivity index (χ1v) is 10.8. The molecule has 0 aliphatic carbocycles. The summed E-state index contributed by atoms with van der Waals surface area (Å²) < 4.78 is 5.35. The van der Waals surface area contributed by atoms with Crippen LogP contribution >= 0.6 is 0 Å². The minimum atomic E-state index is -0.993. The third kappa shape index (κ3) is 2.93. The first kappa shape index (κ1) is 20.6. The third-order valence-electron chi connectivity index (χ3n) is 7.00. The van der Waals surface area contributed by atoms with Gasteiger partial charge < -0.3 is 15.0 Å². The summed E-state index contributed by atoms with van der Waals surface area (Å²) in [5, 5.41) is 5.48. The molecule has 5 rings (SSSR count). The maximum absolute atomic E-state index is 13.1. The summed E-state index contributed by atoms with van der Waals surface area (Å²) in [4.78, 5) is 65.4. The fourth-order valence-electron chi connectivity index (χ4n) is 5.34. The van der Waals surface area contributed by atoms with Crippen molar-refractivity contribution >= 4 is 35.3 Å². The Bertz CT molecular complexity index is 1050. The van der Waals surface area contributed by atoms with E-state index >= 15 is 0 Å². The number of carbonyl (C=O) groups excluding carboxylic acids is 5. The smallest absolute Gasteiger partial charge is 0.315 e. The topological polar surface area (TPSA) is 125 Å². The van der Waals surface area contributed by atoms with Gasteiger partial charge in [0.15, 0.2) is 0 Å². The third-order valence-corrected chi connectivity index (χ3v) is 7.00. The Labute approximate surface area is 184 Å². The summed E-state index contributed by atoms with van der Waals surface area (Å²) in [6.45, 7) is 4.44. The minimum absolute atomic E-state index is 0.0776. The molecule has 10 nitrogen and oxygen atoms in total. The van der Waals surface area contributed by atoms with E-state index in [-0.39, 0.29) is 35.9 Å². The fraction of sp³-hybridized carbons (Fsp3) is 0.500. The molecule has 168 valence electrons. The molecule has 32 heavy (non-hydrogen) atoms. The predicted molar refractivity (Wildman–Crippen MR) is 111 cm³/mol. The van der Waals surface area contributed by atoms with Crippen molar-refractivity contribution in [2.45, 2.75) is 25.8 Å². The molecule has 0 radical (unpaired) electrons. The lowest BCUT2D eigenvalue weighted by atomic mass is 9.81. The number of nitrogens with one attached hydrogen (secondary N) is 2. The van der Waals surface area contributed by atoms with Crippen molar-refractivity contribution in [2.24, 2.45) is 11.3 Å². The molecule has 4 aliphatic heterocycles. The number of esters is 1. The van der Waals surface area contributed by atoms with E-state index in [0.717, 1.165) is 10.6 Å². The van der Waals surface area contributed by atoms with E-state index in [0.29, 0.717) is 32.8 Å². The Morgan fingerprint density at radius 3 is 2.72 bits per heavy atom. The maximum Gasteiger partial charge on any atom is 0.315 e. The van der Waals surface area contributed by atoms with Crippen LogP contribution in [0.4, 0.5) is 5.69 Å². The van der Waals surface area contributed by atoms with Gasteiger partial charge in [0, 0.05) is 44.2 Å². The lowest BCUT2D eigenvalue weighted by Crippen LogP contribution is -2.54. The average Bonchev–Trinajstić information content (AvgIpc) is 3.40. The number of rotatable bonds is 4. The van der Waals surface area contributed by atoms with Gasteiger partial charge in [-0.2, -0.15) is 0 Å². The first-order chi connectivity index (χ1) is 15.4. The monoisotopic (exact) mass is 440 g/mol. The summed E-state index contributed by atoms with van der Waals surface area (Å²) in [6.07, 6.45) is 0.195. The lowest BCUT2D eigenvalue weighted by molar-refractivity contribution is -0.154. The van der Waals surface area contributed by atoms with Crippen LogP contribution in [0.15, 0.2) is 18.2 Å². The molecule has 4 heterocycles. The molecular formula is C22H24N4O6. The number of hydrogen-bond acceptors (Lipinski definition) is 8. The van der Waals surface area contributed by atoms with Crippen molar-refractivity contribution in [2.75, 3.05) is 37.7 Å². The standard InChI is InChI=1S/C22H24N4O6/c1-2-32-21(31)22-10-23-8-12(22)9-25(11-22)13-3-4-14-15(7-13)20(30)26(19(14)29)16-5-6-17(27)24-18(16)28/h3-4,7,12,16,23H,2,5-6,8-11H2,1H3,(H,24,27,28)/t12-,16?,22-/m0/s1. The van der Waals surface area contributed by atoms with Gasteiger partial charge in [0.2, 0.25) is 11.8 Å². The predicted octanol–water partition coefficient (Wildman–Crippen LogP) is -0.323. The molecule has 4 amide bonds. The van der Waals surface area contributed by atoms with Crippen molar-refractivity contribution in [3.05, 3.63) is 29.3 Å². The highest BCUT2D eigenvalue weighted by molar-refractivity contribution is 6.23. The SMILES string of the molecule is CCOC(=O)[C@]12CNC[C@H]1CN(c1ccc3c(c1)C(=O)N(C1CCC(=O)NC1=O)C3=O)C2. The lowest BCUT2D eigenvalue weighted by Gasteiger charge is -2.27. The molecule has 3 fully saturated rings. The Morgan fingerprint density at radius 2 is 1.97 bits per heavy atom. The Hall–Kier alpha value is -3.27. The van der Waals surface area contributed by atoms with Crippen LogP contribution in [-0.4, -0.2) is 73.3 Å². The van der Waals surface area contributed by atoms with E-state index in [1.165, 1.54) is 0 Å². The van der Waals surface area contributed by atoms with Crippen LogP contribution in [-0.2, 0) is 19.1 Å². The average molecular weight is 440 g/mol. The highest BCUT2D eigenvalue weighted by atomic mass is 16.5. The number of ether oxygens (including phenoxy) is 1. The molecule has 2 N–H and O–H groups in total. The fourth-order valence-corrected chi connectivity index (χ4v) is 5.34. The van der Waals surface area contributed by atoms with E-state index in [1.54, 1.807) is 25.1 Å². The molecule has 3 atom stereocenters. The van der Waals surface area contributed by atoms with Crippen molar-refractivity contribution in [3.8, 4) is 0 Å². The van der Waals surface area contributed by atoms with Crippen LogP contribution < -0.4 is 15.5 Å². The van der Waals surface area contributed by atoms with Gasteiger partial charge in [-0.25, -0.2) is 0 Å². The van der Waals surface area contributed by atoms with E-state index in [1.807, 2.05) is 0 Å². The Kier molecular flexibility index (Phi) is 4.77. The van der Waals surface area contributed by atoms with Crippen molar-refractivity contribution in [3.63, 3.8) is 0 Å². The van der Waals surface area contributed by atoms with Gasteiger partial charge in [-0.1, -0.05) is 0 Å². The first-order valence-electron chi connectivity index (χ1n) is 10.8. The number of hydrogen-bond donors (Lipinski definition) is 2. The maximum atomic E-state index is 13.1.